The molecule has 2 heteroatoms. The van der Waals surface area contributed by atoms with Crippen molar-refractivity contribution in [2.24, 2.45) is 0 Å². The third kappa shape index (κ3) is 3.77. The lowest BCUT2D eigenvalue weighted by molar-refractivity contribution is 0.0973. The Kier molecular flexibility index (Phi) is 4.92. The minimum Gasteiger partial charge on any atom is -0.294 e. The van der Waals surface area contributed by atoms with E-state index in [0.717, 1.165) is 16.5 Å². The molecule has 0 fully saturated rings. The summed E-state index contributed by atoms with van der Waals surface area (Å²) in [4.78, 5) is 12.3. The van der Waals surface area contributed by atoms with Crippen LogP contribution in [0.1, 0.15) is 41.6 Å². The smallest absolute Gasteiger partial charge is 0.163 e. The summed E-state index contributed by atoms with van der Waals surface area (Å²) in [6.07, 6.45) is 1.55. The van der Waals surface area contributed by atoms with E-state index in [4.69, 9.17) is 0 Å². The van der Waals surface area contributed by atoms with E-state index in [9.17, 15) is 4.79 Å². The first-order valence-corrected chi connectivity index (χ1v) is 7.33. The van der Waals surface area contributed by atoms with Gasteiger partial charge in [-0.05, 0) is 30.0 Å². The van der Waals surface area contributed by atoms with Gasteiger partial charge >= 0.3 is 0 Å². The minimum atomic E-state index is 0.211. The Hall–Kier alpha value is -1.41. The molecule has 1 unspecified atom stereocenters. The molecule has 2 aromatic carbocycles. The molecular formula is C17H17BrO. The van der Waals surface area contributed by atoms with Gasteiger partial charge in [-0.15, -0.1) is 0 Å². The first kappa shape index (κ1) is 14.0. The van der Waals surface area contributed by atoms with Gasteiger partial charge in [-0.25, -0.2) is 0 Å². The van der Waals surface area contributed by atoms with E-state index in [2.05, 4.69) is 35.0 Å². The van der Waals surface area contributed by atoms with E-state index in [-0.39, 0.29) is 5.78 Å². The third-order valence-electron chi connectivity index (χ3n) is 3.36. The van der Waals surface area contributed by atoms with Crippen LogP contribution in [0.5, 0.6) is 0 Å². The zero-order valence-electron chi connectivity index (χ0n) is 11.0. The molecule has 0 saturated carbocycles. The van der Waals surface area contributed by atoms with Gasteiger partial charge in [-0.2, -0.15) is 0 Å². The van der Waals surface area contributed by atoms with Gasteiger partial charge in [0.25, 0.3) is 0 Å². The second kappa shape index (κ2) is 6.67. The summed E-state index contributed by atoms with van der Waals surface area (Å²) < 4.78 is 0.999. The van der Waals surface area contributed by atoms with Crippen LogP contribution in [-0.2, 0) is 0 Å². The van der Waals surface area contributed by atoms with Crippen molar-refractivity contribution in [2.75, 3.05) is 0 Å². The quantitative estimate of drug-likeness (QED) is 0.691. The summed E-state index contributed by atoms with van der Waals surface area (Å²) in [5, 5.41) is 0. The van der Waals surface area contributed by atoms with Crippen LogP contribution in [0.2, 0.25) is 0 Å². The molecule has 0 radical (unpaired) electrons. The predicted octanol–water partition coefficient (Wildman–Crippen LogP) is 5.22. The number of carbonyl (C=O) groups excluding carboxylic acids is 1. The second-order valence-electron chi connectivity index (χ2n) is 4.65. The van der Waals surface area contributed by atoms with Crippen LogP contribution < -0.4 is 0 Å². The second-order valence-corrected chi connectivity index (χ2v) is 5.57. The highest BCUT2D eigenvalue weighted by Gasteiger charge is 2.15. The largest absolute Gasteiger partial charge is 0.294 e. The zero-order valence-corrected chi connectivity index (χ0v) is 12.6. The molecule has 0 N–H and O–H groups in total. The molecule has 0 heterocycles. The van der Waals surface area contributed by atoms with Crippen LogP contribution in [0.25, 0.3) is 0 Å². The van der Waals surface area contributed by atoms with Crippen molar-refractivity contribution in [3.63, 3.8) is 0 Å². The minimum absolute atomic E-state index is 0.211. The molecule has 2 rings (SSSR count). The van der Waals surface area contributed by atoms with E-state index in [1.54, 1.807) is 0 Å². The lowest BCUT2D eigenvalue weighted by Crippen LogP contribution is -2.07. The molecule has 0 spiro atoms. The number of benzene rings is 2. The Morgan fingerprint density at radius 3 is 2.26 bits per heavy atom. The molecule has 1 atom stereocenters. The van der Waals surface area contributed by atoms with E-state index in [1.165, 1.54) is 5.56 Å². The number of rotatable bonds is 5. The first-order chi connectivity index (χ1) is 9.20. The Morgan fingerprint density at radius 1 is 1.05 bits per heavy atom. The molecule has 0 aliphatic heterocycles. The summed E-state index contributed by atoms with van der Waals surface area (Å²) in [6, 6.07) is 17.9. The average molecular weight is 317 g/mol. The average Bonchev–Trinajstić information content (AvgIpc) is 2.46. The van der Waals surface area contributed by atoms with Crippen LogP contribution in [0, 0.1) is 0 Å². The highest BCUT2D eigenvalue weighted by atomic mass is 79.9. The standard InChI is InChI=1S/C17H17BrO/c1-2-13(14-6-4-3-5-7-14)12-17(19)15-8-10-16(18)11-9-15/h3-11,13H,2,12H2,1H3. The fraction of sp³-hybridized carbons (Fsp3) is 0.235. The van der Waals surface area contributed by atoms with E-state index in [1.807, 2.05) is 42.5 Å². The third-order valence-corrected chi connectivity index (χ3v) is 3.89. The molecule has 0 aliphatic rings. The fourth-order valence-corrected chi connectivity index (χ4v) is 2.46. The van der Waals surface area contributed by atoms with Gasteiger partial charge < -0.3 is 0 Å². The number of carbonyl (C=O) groups is 1. The highest BCUT2D eigenvalue weighted by Crippen LogP contribution is 2.25. The van der Waals surface area contributed by atoms with Crippen LogP contribution in [0.3, 0.4) is 0 Å². The van der Waals surface area contributed by atoms with Gasteiger partial charge in [0.15, 0.2) is 5.78 Å². The lowest BCUT2D eigenvalue weighted by Gasteiger charge is -2.14. The molecule has 0 amide bonds. The van der Waals surface area contributed by atoms with Gasteiger partial charge in [0.05, 0.1) is 0 Å². The highest BCUT2D eigenvalue weighted by molar-refractivity contribution is 9.10. The van der Waals surface area contributed by atoms with Crippen molar-refractivity contribution >= 4 is 21.7 Å². The number of hydrogen-bond acceptors (Lipinski definition) is 1. The first-order valence-electron chi connectivity index (χ1n) is 6.54. The summed E-state index contributed by atoms with van der Waals surface area (Å²) in [6.45, 7) is 2.13. The van der Waals surface area contributed by atoms with E-state index >= 15 is 0 Å². The Balaban J connectivity index is 2.10. The van der Waals surface area contributed by atoms with Crippen molar-refractivity contribution in [1.82, 2.24) is 0 Å². The molecule has 19 heavy (non-hydrogen) atoms. The molecule has 0 bridgehead atoms. The molecule has 1 nitrogen and oxygen atoms in total. The summed E-state index contributed by atoms with van der Waals surface area (Å²) >= 11 is 3.38. The predicted molar refractivity (Wildman–Crippen MR) is 82.6 cm³/mol. The molecule has 2 aromatic rings. The maximum Gasteiger partial charge on any atom is 0.163 e. The summed E-state index contributed by atoms with van der Waals surface area (Å²) in [7, 11) is 0. The van der Waals surface area contributed by atoms with Crippen molar-refractivity contribution in [2.45, 2.75) is 25.7 Å². The van der Waals surface area contributed by atoms with Crippen LogP contribution >= 0.6 is 15.9 Å². The molecular weight excluding hydrogens is 300 g/mol. The maximum absolute atomic E-state index is 12.3. The van der Waals surface area contributed by atoms with Crippen molar-refractivity contribution < 1.29 is 4.79 Å². The van der Waals surface area contributed by atoms with Crippen LogP contribution in [-0.4, -0.2) is 5.78 Å². The van der Waals surface area contributed by atoms with Crippen molar-refractivity contribution in [1.29, 1.82) is 0 Å². The van der Waals surface area contributed by atoms with Gasteiger partial charge in [-0.3, -0.25) is 4.79 Å². The van der Waals surface area contributed by atoms with E-state index in [0.29, 0.717) is 12.3 Å². The van der Waals surface area contributed by atoms with Crippen molar-refractivity contribution in [3.8, 4) is 0 Å². The number of hydrogen-bond donors (Lipinski definition) is 0. The van der Waals surface area contributed by atoms with Gasteiger partial charge in [0.1, 0.15) is 0 Å². The fourth-order valence-electron chi connectivity index (χ4n) is 2.20. The molecule has 98 valence electrons. The number of Topliss-reactive ketones (excluding diaryl/α,β-unsaturated/α-hetero) is 1. The number of ketones is 1. The Bertz CT molecular complexity index is 531. The summed E-state index contributed by atoms with van der Waals surface area (Å²) in [5.41, 5.74) is 2.04. The molecule has 0 aromatic heterocycles. The van der Waals surface area contributed by atoms with Crippen LogP contribution in [0.4, 0.5) is 0 Å². The van der Waals surface area contributed by atoms with Gasteiger partial charge in [-0.1, -0.05) is 65.3 Å². The zero-order chi connectivity index (χ0) is 13.7. The van der Waals surface area contributed by atoms with Crippen molar-refractivity contribution in [3.05, 3.63) is 70.2 Å². The SMILES string of the molecule is CCC(CC(=O)c1ccc(Br)cc1)c1ccccc1. The summed E-state index contributed by atoms with van der Waals surface area (Å²) in [5.74, 6) is 0.514. The molecule has 0 saturated heterocycles. The van der Waals surface area contributed by atoms with Gasteiger partial charge in [0.2, 0.25) is 0 Å². The van der Waals surface area contributed by atoms with Gasteiger partial charge in [0, 0.05) is 16.5 Å². The lowest BCUT2D eigenvalue weighted by atomic mass is 9.90. The molecule has 0 aliphatic carbocycles. The topological polar surface area (TPSA) is 17.1 Å². The number of halogens is 1. The Morgan fingerprint density at radius 2 is 1.68 bits per heavy atom. The van der Waals surface area contributed by atoms with E-state index < -0.39 is 0 Å². The maximum atomic E-state index is 12.3. The Labute approximate surface area is 122 Å². The normalized spacial score (nSPS) is 12.1. The van der Waals surface area contributed by atoms with Crippen LogP contribution in [0.15, 0.2) is 59.1 Å². The monoisotopic (exact) mass is 316 g/mol.